The molecule has 0 radical (unpaired) electrons. The molecule has 7 heteroatoms. The lowest BCUT2D eigenvalue weighted by Gasteiger charge is -2.19. The minimum atomic E-state index is 0.555. The number of benzene rings is 2. The van der Waals surface area contributed by atoms with Crippen LogP contribution in [0.15, 0.2) is 42.5 Å². The van der Waals surface area contributed by atoms with Crippen LogP contribution in [0.3, 0.4) is 0 Å². The smallest absolute Gasteiger partial charge is 0.215 e. The van der Waals surface area contributed by atoms with Crippen LogP contribution < -0.4 is 14.8 Å². The molecule has 2 aromatic carbocycles. The Labute approximate surface area is 143 Å². The number of fused-ring (bicyclic) bond motifs is 4. The van der Waals surface area contributed by atoms with Crippen molar-refractivity contribution >= 4 is 28.2 Å². The lowest BCUT2D eigenvalue weighted by molar-refractivity contribution is 0.171. The van der Waals surface area contributed by atoms with Crippen LogP contribution in [0.1, 0.15) is 5.82 Å². The number of hydrogen-bond donors (Lipinski definition) is 1. The number of anilines is 2. The maximum atomic E-state index is 5.65. The molecule has 0 saturated carbocycles. The number of aromatic nitrogens is 4. The van der Waals surface area contributed by atoms with Gasteiger partial charge in [-0.05, 0) is 31.2 Å². The summed E-state index contributed by atoms with van der Waals surface area (Å²) in [7, 11) is 0. The molecule has 2 aromatic heterocycles. The fraction of sp³-hybridized carbons (Fsp3) is 0.167. The molecule has 1 aliphatic rings. The third kappa shape index (κ3) is 2.24. The maximum Gasteiger partial charge on any atom is 0.215 e. The third-order valence-electron chi connectivity index (χ3n) is 4.21. The first-order valence-corrected chi connectivity index (χ1v) is 8.07. The van der Waals surface area contributed by atoms with E-state index < -0.39 is 0 Å². The minimum Gasteiger partial charge on any atom is -0.486 e. The predicted octanol–water partition coefficient (Wildman–Crippen LogP) is 3.10. The van der Waals surface area contributed by atoms with Crippen LogP contribution in [0, 0.1) is 6.92 Å². The van der Waals surface area contributed by atoms with Crippen LogP contribution in [0.2, 0.25) is 0 Å². The highest BCUT2D eigenvalue weighted by Crippen LogP contribution is 2.34. The highest BCUT2D eigenvalue weighted by molar-refractivity contribution is 5.92. The molecule has 0 aliphatic carbocycles. The van der Waals surface area contributed by atoms with Crippen molar-refractivity contribution in [3.8, 4) is 11.5 Å². The average Bonchev–Trinajstić information content (AvgIpc) is 3.04. The monoisotopic (exact) mass is 333 g/mol. The predicted molar refractivity (Wildman–Crippen MR) is 93.7 cm³/mol. The molecule has 1 N–H and O–H groups in total. The third-order valence-corrected chi connectivity index (χ3v) is 4.21. The molecular weight excluding hydrogens is 318 g/mol. The van der Waals surface area contributed by atoms with Gasteiger partial charge in [0.15, 0.2) is 17.1 Å². The Kier molecular flexibility index (Phi) is 3.00. The van der Waals surface area contributed by atoms with Gasteiger partial charge in [-0.2, -0.15) is 0 Å². The molecule has 1 aliphatic heterocycles. The molecule has 0 atom stereocenters. The Morgan fingerprint density at radius 2 is 1.84 bits per heavy atom. The van der Waals surface area contributed by atoms with Crippen LogP contribution in [-0.4, -0.2) is 32.8 Å². The Bertz CT molecular complexity index is 1110. The van der Waals surface area contributed by atoms with Gasteiger partial charge in [0.25, 0.3) is 0 Å². The minimum absolute atomic E-state index is 0.555. The van der Waals surface area contributed by atoms with Gasteiger partial charge in [0, 0.05) is 17.1 Å². The van der Waals surface area contributed by atoms with Crippen molar-refractivity contribution in [3.63, 3.8) is 0 Å². The van der Waals surface area contributed by atoms with Gasteiger partial charge in [0.2, 0.25) is 5.95 Å². The van der Waals surface area contributed by atoms with Gasteiger partial charge in [-0.3, -0.25) is 0 Å². The molecule has 0 bridgehead atoms. The van der Waals surface area contributed by atoms with Gasteiger partial charge in [-0.1, -0.05) is 12.1 Å². The first-order chi connectivity index (χ1) is 12.3. The molecule has 0 fully saturated rings. The van der Waals surface area contributed by atoms with Gasteiger partial charge in [0.05, 0.1) is 5.52 Å². The topological polar surface area (TPSA) is 73.6 Å². The first-order valence-electron chi connectivity index (χ1n) is 8.07. The van der Waals surface area contributed by atoms with Gasteiger partial charge in [0.1, 0.15) is 19.0 Å². The molecule has 0 amide bonds. The molecule has 4 aromatic rings. The normalized spacial score (nSPS) is 13.3. The maximum absolute atomic E-state index is 5.65. The van der Waals surface area contributed by atoms with Crippen molar-refractivity contribution in [2.24, 2.45) is 0 Å². The standard InChI is InChI=1S/C18H15N5O2/c1-11-21-22-17-13-4-2-3-5-14(13)20-18(23(11)17)19-12-6-7-15-16(10-12)25-9-8-24-15/h2-7,10H,8-9H2,1H3,(H,19,20). The second-order valence-corrected chi connectivity index (χ2v) is 5.84. The SMILES string of the molecule is Cc1nnc2c3ccccc3nc(Nc3ccc4c(c3)OCCO4)n12. The van der Waals surface area contributed by atoms with Crippen molar-refractivity contribution in [2.75, 3.05) is 18.5 Å². The van der Waals surface area contributed by atoms with E-state index in [1.807, 2.05) is 53.8 Å². The zero-order valence-electron chi connectivity index (χ0n) is 13.6. The van der Waals surface area contributed by atoms with Crippen LogP contribution in [-0.2, 0) is 0 Å². The Morgan fingerprint density at radius 1 is 1.00 bits per heavy atom. The average molecular weight is 333 g/mol. The second-order valence-electron chi connectivity index (χ2n) is 5.84. The summed E-state index contributed by atoms with van der Waals surface area (Å²) in [6.07, 6.45) is 0. The van der Waals surface area contributed by atoms with Crippen LogP contribution in [0.5, 0.6) is 11.5 Å². The number of aryl methyl sites for hydroxylation is 1. The second kappa shape index (κ2) is 5.34. The molecule has 0 spiro atoms. The van der Waals surface area contributed by atoms with E-state index in [0.29, 0.717) is 19.2 Å². The summed E-state index contributed by atoms with van der Waals surface area (Å²) < 4.78 is 13.1. The molecule has 0 unspecified atom stereocenters. The summed E-state index contributed by atoms with van der Waals surface area (Å²) in [4.78, 5) is 4.74. The van der Waals surface area contributed by atoms with Crippen LogP contribution >= 0.6 is 0 Å². The number of rotatable bonds is 2. The Balaban J connectivity index is 1.65. The zero-order valence-corrected chi connectivity index (χ0v) is 13.6. The molecule has 5 rings (SSSR count). The van der Waals surface area contributed by atoms with Crippen molar-refractivity contribution in [3.05, 3.63) is 48.3 Å². The van der Waals surface area contributed by atoms with E-state index in [1.165, 1.54) is 0 Å². The largest absolute Gasteiger partial charge is 0.486 e. The summed E-state index contributed by atoms with van der Waals surface area (Å²) in [5.74, 6) is 2.92. The summed E-state index contributed by atoms with van der Waals surface area (Å²) in [5.41, 5.74) is 2.51. The number of hydrogen-bond acceptors (Lipinski definition) is 6. The number of nitrogens with one attached hydrogen (secondary N) is 1. The zero-order chi connectivity index (χ0) is 16.8. The first kappa shape index (κ1) is 14.0. The summed E-state index contributed by atoms with van der Waals surface area (Å²) in [5, 5.41) is 12.8. The molecular formula is C18H15N5O2. The van der Waals surface area contributed by atoms with Gasteiger partial charge >= 0.3 is 0 Å². The quantitative estimate of drug-likeness (QED) is 0.608. The highest BCUT2D eigenvalue weighted by Gasteiger charge is 2.15. The van der Waals surface area contributed by atoms with Crippen molar-refractivity contribution in [1.82, 2.24) is 19.6 Å². The Morgan fingerprint density at radius 3 is 2.76 bits per heavy atom. The molecule has 25 heavy (non-hydrogen) atoms. The van der Waals surface area contributed by atoms with Crippen LogP contribution in [0.25, 0.3) is 16.6 Å². The number of ether oxygens (including phenoxy) is 2. The van der Waals surface area contributed by atoms with Crippen molar-refractivity contribution < 1.29 is 9.47 Å². The number of para-hydroxylation sites is 1. The lowest BCUT2D eigenvalue weighted by Crippen LogP contribution is -2.15. The van der Waals surface area contributed by atoms with Crippen molar-refractivity contribution in [2.45, 2.75) is 6.92 Å². The molecule has 124 valence electrons. The molecule has 7 nitrogen and oxygen atoms in total. The van der Waals surface area contributed by atoms with E-state index in [1.54, 1.807) is 0 Å². The molecule has 3 heterocycles. The van der Waals surface area contributed by atoms with Gasteiger partial charge in [-0.25, -0.2) is 9.38 Å². The van der Waals surface area contributed by atoms with E-state index in [4.69, 9.17) is 14.5 Å². The summed E-state index contributed by atoms with van der Waals surface area (Å²) in [6, 6.07) is 13.7. The van der Waals surface area contributed by atoms with E-state index in [0.717, 1.165) is 39.6 Å². The van der Waals surface area contributed by atoms with E-state index in [9.17, 15) is 0 Å². The van der Waals surface area contributed by atoms with Crippen LogP contribution in [0.4, 0.5) is 11.6 Å². The van der Waals surface area contributed by atoms with E-state index in [-0.39, 0.29) is 0 Å². The highest BCUT2D eigenvalue weighted by atomic mass is 16.6. The number of nitrogens with zero attached hydrogens (tertiary/aromatic N) is 4. The lowest BCUT2D eigenvalue weighted by atomic mass is 10.2. The van der Waals surface area contributed by atoms with E-state index in [2.05, 4.69) is 15.5 Å². The fourth-order valence-corrected chi connectivity index (χ4v) is 3.05. The van der Waals surface area contributed by atoms with Gasteiger partial charge in [-0.15, -0.1) is 10.2 Å². The Hall–Kier alpha value is -3.35. The fourth-order valence-electron chi connectivity index (χ4n) is 3.05. The van der Waals surface area contributed by atoms with Crippen molar-refractivity contribution in [1.29, 1.82) is 0 Å². The molecule has 0 saturated heterocycles. The van der Waals surface area contributed by atoms with Gasteiger partial charge < -0.3 is 14.8 Å². The summed E-state index contributed by atoms with van der Waals surface area (Å²) in [6.45, 7) is 3.04. The van der Waals surface area contributed by atoms with E-state index >= 15 is 0 Å². The summed E-state index contributed by atoms with van der Waals surface area (Å²) >= 11 is 0.